The molecule has 98 valence electrons. The van der Waals surface area contributed by atoms with Gasteiger partial charge in [-0.25, -0.2) is 0 Å². The molecule has 0 aromatic carbocycles. The van der Waals surface area contributed by atoms with Crippen LogP contribution in [-0.2, 0) is 0 Å². The predicted octanol–water partition coefficient (Wildman–Crippen LogP) is 2.50. The third-order valence-corrected chi connectivity index (χ3v) is 5.04. The second kappa shape index (κ2) is 5.36. The quantitative estimate of drug-likeness (QED) is 0.848. The molecule has 0 saturated carbocycles. The van der Waals surface area contributed by atoms with E-state index in [1.54, 1.807) is 11.3 Å². The molecule has 0 aliphatic carbocycles. The normalized spacial score (nSPS) is 16.9. The highest BCUT2D eigenvalue weighted by Gasteiger charge is 2.25. The number of hydrogen-bond donors (Lipinski definition) is 1. The summed E-state index contributed by atoms with van der Waals surface area (Å²) in [7, 11) is 0. The highest BCUT2D eigenvalue weighted by Crippen LogP contribution is 2.24. The van der Waals surface area contributed by atoms with Gasteiger partial charge in [-0.15, -0.1) is 11.3 Å². The second-order valence-electron chi connectivity index (χ2n) is 4.82. The topological polar surface area (TPSA) is 46.3 Å². The van der Waals surface area contributed by atoms with Crippen LogP contribution in [0.15, 0.2) is 6.07 Å². The number of thiophene rings is 1. The predicted molar refractivity (Wildman–Crippen MR) is 79.2 cm³/mol. The summed E-state index contributed by atoms with van der Waals surface area (Å²) in [6, 6.07) is 1.99. The van der Waals surface area contributed by atoms with Crippen molar-refractivity contribution in [2.75, 3.05) is 13.1 Å². The number of nitrogens with zero attached hydrogens (tertiary/aromatic N) is 1. The largest absolute Gasteiger partial charge is 0.393 e. The van der Waals surface area contributed by atoms with Gasteiger partial charge in [0, 0.05) is 23.9 Å². The Bertz CT molecular complexity index is 454. The molecule has 0 atom stereocenters. The van der Waals surface area contributed by atoms with E-state index in [1.165, 1.54) is 10.4 Å². The highest BCUT2D eigenvalue weighted by molar-refractivity contribution is 7.80. The number of nitrogens with two attached hydrogens (primary N) is 1. The van der Waals surface area contributed by atoms with Crippen molar-refractivity contribution in [2.24, 2.45) is 11.7 Å². The molecule has 1 aliphatic heterocycles. The van der Waals surface area contributed by atoms with Crippen LogP contribution < -0.4 is 5.73 Å². The smallest absolute Gasteiger partial charge is 0.263 e. The third-order valence-electron chi connectivity index (χ3n) is 3.56. The van der Waals surface area contributed by atoms with E-state index in [0.29, 0.717) is 10.9 Å². The van der Waals surface area contributed by atoms with Crippen LogP contribution in [0.3, 0.4) is 0 Å². The average Bonchev–Trinajstić information content (AvgIpc) is 2.69. The summed E-state index contributed by atoms with van der Waals surface area (Å²) in [4.78, 5) is 16.9. The molecule has 2 N–H and O–H groups in total. The summed E-state index contributed by atoms with van der Waals surface area (Å²) in [6.45, 7) is 5.62. The first-order valence-electron chi connectivity index (χ1n) is 6.14. The molecular weight excluding hydrogens is 264 g/mol. The summed E-state index contributed by atoms with van der Waals surface area (Å²) in [5.41, 5.74) is 6.85. The fourth-order valence-corrected chi connectivity index (χ4v) is 3.44. The Morgan fingerprint density at radius 3 is 2.50 bits per heavy atom. The zero-order valence-corrected chi connectivity index (χ0v) is 12.4. The standard InChI is InChI=1S/C13H18N2OS2/c1-8-7-11(18-9(8)2)13(16)15-5-3-10(4-6-15)12(14)17/h7,10H,3-6H2,1-2H3,(H2,14,17). The molecule has 1 aliphatic rings. The minimum atomic E-state index is 0.151. The van der Waals surface area contributed by atoms with Crippen LogP contribution in [0.1, 0.15) is 33.0 Å². The minimum absolute atomic E-state index is 0.151. The first kappa shape index (κ1) is 13.5. The van der Waals surface area contributed by atoms with Crippen molar-refractivity contribution in [2.45, 2.75) is 26.7 Å². The summed E-state index contributed by atoms with van der Waals surface area (Å²) < 4.78 is 0. The molecule has 3 nitrogen and oxygen atoms in total. The van der Waals surface area contributed by atoms with Gasteiger partial charge >= 0.3 is 0 Å². The van der Waals surface area contributed by atoms with Crippen LogP contribution in [0.5, 0.6) is 0 Å². The van der Waals surface area contributed by atoms with E-state index < -0.39 is 0 Å². The molecule has 18 heavy (non-hydrogen) atoms. The molecule has 1 fully saturated rings. The molecule has 1 amide bonds. The number of carbonyl (C=O) groups is 1. The number of rotatable bonds is 2. The molecule has 1 saturated heterocycles. The fourth-order valence-electron chi connectivity index (χ4n) is 2.20. The van der Waals surface area contributed by atoms with Gasteiger partial charge in [0.05, 0.1) is 9.87 Å². The van der Waals surface area contributed by atoms with E-state index in [1.807, 2.05) is 17.9 Å². The Kier molecular flexibility index (Phi) is 4.02. The third kappa shape index (κ3) is 2.72. The van der Waals surface area contributed by atoms with Crippen LogP contribution in [0.4, 0.5) is 0 Å². The highest BCUT2D eigenvalue weighted by atomic mass is 32.1. The lowest BCUT2D eigenvalue weighted by Crippen LogP contribution is -2.41. The number of hydrogen-bond acceptors (Lipinski definition) is 3. The van der Waals surface area contributed by atoms with E-state index in [2.05, 4.69) is 6.92 Å². The SMILES string of the molecule is Cc1cc(C(=O)N2CCC(C(N)=S)CC2)sc1C. The van der Waals surface area contributed by atoms with Crippen molar-refractivity contribution >= 4 is 34.5 Å². The molecule has 2 heterocycles. The average molecular weight is 282 g/mol. The van der Waals surface area contributed by atoms with Crippen molar-refractivity contribution in [1.29, 1.82) is 0 Å². The zero-order chi connectivity index (χ0) is 13.3. The summed E-state index contributed by atoms with van der Waals surface area (Å²) >= 11 is 6.59. The number of carbonyl (C=O) groups excluding carboxylic acids is 1. The molecule has 0 spiro atoms. The molecule has 2 rings (SSSR count). The van der Waals surface area contributed by atoms with Crippen molar-refractivity contribution in [3.8, 4) is 0 Å². The minimum Gasteiger partial charge on any atom is -0.393 e. The van der Waals surface area contributed by atoms with Crippen molar-refractivity contribution < 1.29 is 4.79 Å². The number of aryl methyl sites for hydroxylation is 2. The maximum Gasteiger partial charge on any atom is 0.263 e. The van der Waals surface area contributed by atoms with Crippen LogP contribution in [-0.4, -0.2) is 28.9 Å². The van der Waals surface area contributed by atoms with E-state index in [0.717, 1.165) is 30.8 Å². The van der Waals surface area contributed by atoms with Gasteiger partial charge in [-0.2, -0.15) is 0 Å². The van der Waals surface area contributed by atoms with E-state index >= 15 is 0 Å². The van der Waals surface area contributed by atoms with Gasteiger partial charge in [-0.3, -0.25) is 4.79 Å². The molecular formula is C13H18N2OS2. The van der Waals surface area contributed by atoms with E-state index in [4.69, 9.17) is 18.0 Å². The van der Waals surface area contributed by atoms with Gasteiger partial charge in [-0.1, -0.05) is 12.2 Å². The first-order chi connectivity index (χ1) is 8.49. The maximum absolute atomic E-state index is 12.3. The van der Waals surface area contributed by atoms with Crippen molar-refractivity contribution in [3.05, 3.63) is 21.4 Å². The van der Waals surface area contributed by atoms with E-state index in [-0.39, 0.29) is 5.91 Å². The van der Waals surface area contributed by atoms with Crippen molar-refractivity contribution in [3.63, 3.8) is 0 Å². The van der Waals surface area contributed by atoms with Gasteiger partial charge in [0.2, 0.25) is 0 Å². The summed E-state index contributed by atoms with van der Waals surface area (Å²) in [5.74, 6) is 0.452. The van der Waals surface area contributed by atoms with Crippen molar-refractivity contribution in [1.82, 2.24) is 4.90 Å². The van der Waals surface area contributed by atoms with Crippen LogP contribution in [0, 0.1) is 19.8 Å². The monoisotopic (exact) mass is 282 g/mol. The summed E-state index contributed by atoms with van der Waals surface area (Å²) in [6.07, 6.45) is 1.79. The molecule has 0 radical (unpaired) electrons. The maximum atomic E-state index is 12.3. The number of piperidine rings is 1. The Labute approximate surface area is 117 Å². The lowest BCUT2D eigenvalue weighted by molar-refractivity contribution is 0.0715. The van der Waals surface area contributed by atoms with Gasteiger partial charge in [-0.05, 0) is 38.3 Å². The first-order valence-corrected chi connectivity index (χ1v) is 7.37. The molecule has 1 aromatic heterocycles. The van der Waals surface area contributed by atoms with Gasteiger partial charge < -0.3 is 10.6 Å². The lowest BCUT2D eigenvalue weighted by Gasteiger charge is -2.31. The Hall–Kier alpha value is -0.940. The molecule has 0 unspecified atom stereocenters. The Balaban J connectivity index is 2.01. The van der Waals surface area contributed by atoms with Gasteiger partial charge in [0.25, 0.3) is 5.91 Å². The molecule has 5 heteroatoms. The molecule has 1 aromatic rings. The second-order valence-corrected chi connectivity index (χ2v) is 6.55. The Morgan fingerprint density at radius 2 is 2.06 bits per heavy atom. The number of likely N-dealkylation sites (tertiary alicyclic amines) is 1. The van der Waals surface area contributed by atoms with E-state index in [9.17, 15) is 4.79 Å². The number of amides is 1. The number of thiocarbonyl (C=S) groups is 1. The van der Waals surface area contributed by atoms with Crippen LogP contribution in [0.2, 0.25) is 0 Å². The lowest BCUT2D eigenvalue weighted by atomic mass is 9.97. The molecule has 0 bridgehead atoms. The summed E-state index contributed by atoms with van der Waals surface area (Å²) in [5, 5.41) is 0. The fraction of sp³-hybridized carbons (Fsp3) is 0.538. The van der Waals surface area contributed by atoms with Crippen LogP contribution >= 0.6 is 23.6 Å². The zero-order valence-electron chi connectivity index (χ0n) is 10.7. The Morgan fingerprint density at radius 1 is 1.44 bits per heavy atom. The van der Waals surface area contributed by atoms with Gasteiger partial charge in [0.1, 0.15) is 0 Å². The van der Waals surface area contributed by atoms with Crippen LogP contribution in [0.25, 0.3) is 0 Å². The van der Waals surface area contributed by atoms with Gasteiger partial charge in [0.15, 0.2) is 0 Å².